The third kappa shape index (κ3) is 5.08. The summed E-state index contributed by atoms with van der Waals surface area (Å²) in [5.41, 5.74) is 4.20. The van der Waals surface area contributed by atoms with Gasteiger partial charge in [0.25, 0.3) is 0 Å². The summed E-state index contributed by atoms with van der Waals surface area (Å²) in [4.78, 5) is 11.2. The lowest BCUT2D eigenvalue weighted by Gasteiger charge is -2.17. The number of nitrogens with one attached hydrogen (secondary N) is 1. The summed E-state index contributed by atoms with van der Waals surface area (Å²) in [6, 6.07) is 9.09. The number of benzene rings is 2. The van der Waals surface area contributed by atoms with Crippen molar-refractivity contribution in [2.45, 2.75) is 41.9 Å². The molecule has 2 rings (SSSR count). The second-order valence-electron chi connectivity index (χ2n) is 6.58. The van der Waals surface area contributed by atoms with Crippen molar-refractivity contribution in [1.29, 1.82) is 0 Å². The molecule has 3 N–H and O–H groups in total. The van der Waals surface area contributed by atoms with E-state index in [2.05, 4.69) is 5.32 Å². The van der Waals surface area contributed by atoms with Crippen LogP contribution in [0.25, 0.3) is 0 Å². The Morgan fingerprint density at radius 2 is 1.63 bits per heavy atom. The summed E-state index contributed by atoms with van der Waals surface area (Å²) in [5.74, 6) is -0.372. The van der Waals surface area contributed by atoms with Crippen LogP contribution in [-0.2, 0) is 27.4 Å². The molecule has 0 bridgehead atoms. The molecule has 0 unspecified atom stereocenters. The number of amides is 1. The highest BCUT2D eigenvalue weighted by atomic mass is 32.2. The Labute approximate surface area is 155 Å². The van der Waals surface area contributed by atoms with Crippen molar-refractivity contribution in [3.63, 3.8) is 0 Å². The summed E-state index contributed by atoms with van der Waals surface area (Å²) in [7, 11) is -4.10. The van der Waals surface area contributed by atoms with Gasteiger partial charge in [-0.2, -0.15) is 13.2 Å². The van der Waals surface area contributed by atoms with E-state index < -0.39 is 32.0 Å². The van der Waals surface area contributed by atoms with Gasteiger partial charge in [0.15, 0.2) is 0 Å². The largest absolute Gasteiger partial charge is 0.416 e. The maximum atomic E-state index is 12.8. The Hall–Kier alpha value is -2.39. The third-order valence-electron chi connectivity index (χ3n) is 3.74. The molecule has 2 aromatic rings. The second-order valence-corrected chi connectivity index (χ2v) is 8.53. The number of hydrogen-bond acceptors (Lipinski definition) is 4. The molecule has 5 nitrogen and oxygen atoms in total. The van der Waals surface area contributed by atoms with E-state index in [0.717, 1.165) is 18.2 Å². The van der Waals surface area contributed by atoms with Crippen molar-refractivity contribution < 1.29 is 26.4 Å². The summed E-state index contributed by atoms with van der Waals surface area (Å²) in [6.45, 7) is 3.24. The summed E-state index contributed by atoms with van der Waals surface area (Å²) < 4.78 is 63.6. The molecule has 0 aliphatic heterocycles. The molecule has 27 heavy (non-hydrogen) atoms. The molecule has 0 aromatic heterocycles. The summed E-state index contributed by atoms with van der Waals surface area (Å²) in [6.07, 6.45) is -4.63. The van der Waals surface area contributed by atoms with E-state index in [-0.39, 0.29) is 17.3 Å². The fourth-order valence-corrected chi connectivity index (χ4v) is 3.48. The van der Waals surface area contributed by atoms with Crippen molar-refractivity contribution in [3.05, 3.63) is 59.7 Å². The molecule has 0 radical (unpaired) electrons. The van der Waals surface area contributed by atoms with Crippen LogP contribution in [-0.4, -0.2) is 19.9 Å². The van der Waals surface area contributed by atoms with Crippen molar-refractivity contribution >= 4 is 15.7 Å². The van der Waals surface area contributed by atoms with Crippen LogP contribution in [0.5, 0.6) is 0 Å². The van der Waals surface area contributed by atoms with Crippen LogP contribution in [0.4, 0.5) is 13.2 Å². The minimum absolute atomic E-state index is 0.142. The smallest absolute Gasteiger partial charge is 0.350 e. The van der Waals surface area contributed by atoms with E-state index >= 15 is 0 Å². The van der Waals surface area contributed by atoms with Gasteiger partial charge in [-0.3, -0.25) is 4.79 Å². The first-order valence-electron chi connectivity index (χ1n) is 7.90. The Kier molecular flexibility index (Phi) is 5.67. The lowest BCUT2D eigenvalue weighted by atomic mass is 10.1. The first kappa shape index (κ1) is 20.9. The number of hydrogen-bond donors (Lipinski definition) is 2. The highest BCUT2D eigenvalue weighted by molar-refractivity contribution is 7.91. The van der Waals surface area contributed by atoms with E-state index in [1.165, 1.54) is 24.3 Å². The standard InChI is InChI=1S/C18H19F3N2O3S/c1-17(2,22)16(24)23-11-12-6-8-14(9-7-12)27(25,26)15-5-3-4-13(10-15)18(19,20)21/h3-10H,11,22H2,1-2H3,(H,23,24). The number of carbonyl (C=O) groups is 1. The number of rotatable bonds is 5. The minimum atomic E-state index is -4.63. The van der Waals surface area contributed by atoms with E-state index in [1.807, 2.05) is 0 Å². The summed E-state index contributed by atoms with van der Waals surface area (Å²) >= 11 is 0. The molecule has 0 fully saturated rings. The first-order chi connectivity index (χ1) is 12.3. The SMILES string of the molecule is CC(C)(N)C(=O)NCc1ccc(S(=O)(=O)c2cccc(C(F)(F)F)c2)cc1. The zero-order valence-electron chi connectivity index (χ0n) is 14.7. The van der Waals surface area contributed by atoms with Crippen molar-refractivity contribution in [2.24, 2.45) is 5.73 Å². The quantitative estimate of drug-likeness (QED) is 0.808. The molecule has 0 aliphatic rings. The van der Waals surface area contributed by atoms with Crippen LogP contribution in [0.1, 0.15) is 25.0 Å². The van der Waals surface area contributed by atoms with Gasteiger partial charge in [0.2, 0.25) is 15.7 Å². The van der Waals surface area contributed by atoms with E-state index in [1.54, 1.807) is 13.8 Å². The molecule has 0 atom stereocenters. The molecule has 0 spiro atoms. The Balaban J connectivity index is 2.22. The highest BCUT2D eigenvalue weighted by Gasteiger charge is 2.32. The van der Waals surface area contributed by atoms with Crippen molar-refractivity contribution in [3.8, 4) is 0 Å². The third-order valence-corrected chi connectivity index (χ3v) is 5.51. The molecule has 0 saturated heterocycles. The van der Waals surface area contributed by atoms with Gasteiger partial charge < -0.3 is 11.1 Å². The molecule has 9 heteroatoms. The number of carbonyl (C=O) groups excluding carboxylic acids is 1. The Bertz CT molecular complexity index is 932. The van der Waals surface area contributed by atoms with E-state index in [9.17, 15) is 26.4 Å². The van der Waals surface area contributed by atoms with Crippen LogP contribution >= 0.6 is 0 Å². The van der Waals surface area contributed by atoms with E-state index in [4.69, 9.17) is 5.73 Å². The van der Waals surface area contributed by atoms with Gasteiger partial charge in [0.1, 0.15) is 0 Å². The first-order valence-corrected chi connectivity index (χ1v) is 9.38. The highest BCUT2D eigenvalue weighted by Crippen LogP contribution is 2.31. The van der Waals surface area contributed by atoms with Crippen LogP contribution in [0, 0.1) is 0 Å². The number of halogens is 3. The van der Waals surface area contributed by atoms with Crippen molar-refractivity contribution in [1.82, 2.24) is 5.32 Å². The normalized spacial score (nSPS) is 12.7. The molecule has 1 amide bonds. The molecule has 0 heterocycles. The fourth-order valence-electron chi connectivity index (χ4n) is 2.17. The number of alkyl halides is 3. The van der Waals surface area contributed by atoms with Crippen LogP contribution in [0.3, 0.4) is 0 Å². The lowest BCUT2D eigenvalue weighted by molar-refractivity contribution is -0.137. The molecule has 0 aliphatic carbocycles. The average molecular weight is 400 g/mol. The van der Waals surface area contributed by atoms with Crippen LogP contribution < -0.4 is 11.1 Å². The predicted molar refractivity (Wildman–Crippen MR) is 93.5 cm³/mol. The van der Waals surface area contributed by atoms with Gasteiger partial charge in [0.05, 0.1) is 20.9 Å². The maximum absolute atomic E-state index is 12.8. The van der Waals surface area contributed by atoms with E-state index in [0.29, 0.717) is 11.6 Å². The van der Waals surface area contributed by atoms with Gasteiger partial charge in [-0.05, 0) is 49.7 Å². The van der Waals surface area contributed by atoms with Gasteiger partial charge >= 0.3 is 6.18 Å². The summed E-state index contributed by atoms with van der Waals surface area (Å²) in [5, 5.41) is 2.61. The van der Waals surface area contributed by atoms with Crippen molar-refractivity contribution in [2.75, 3.05) is 0 Å². The fraction of sp³-hybridized carbons (Fsp3) is 0.278. The minimum Gasteiger partial charge on any atom is -0.350 e. The number of sulfone groups is 1. The molecule has 2 aromatic carbocycles. The maximum Gasteiger partial charge on any atom is 0.416 e. The molecule has 146 valence electrons. The molecule has 0 saturated carbocycles. The number of nitrogens with two attached hydrogens (primary N) is 1. The zero-order chi connectivity index (χ0) is 20.5. The van der Waals surface area contributed by atoms with Gasteiger partial charge in [-0.25, -0.2) is 8.42 Å². The topological polar surface area (TPSA) is 89.3 Å². The average Bonchev–Trinajstić information content (AvgIpc) is 2.58. The monoisotopic (exact) mass is 400 g/mol. The lowest BCUT2D eigenvalue weighted by Crippen LogP contribution is -2.48. The van der Waals surface area contributed by atoms with Gasteiger partial charge in [-0.1, -0.05) is 18.2 Å². The second kappa shape index (κ2) is 7.32. The Morgan fingerprint density at radius 3 is 2.15 bits per heavy atom. The zero-order valence-corrected chi connectivity index (χ0v) is 15.5. The molecular weight excluding hydrogens is 381 g/mol. The molecular formula is C18H19F3N2O3S. The van der Waals surface area contributed by atoms with Gasteiger partial charge in [-0.15, -0.1) is 0 Å². The predicted octanol–water partition coefficient (Wildman–Crippen LogP) is 2.89. The van der Waals surface area contributed by atoms with Crippen LogP contribution in [0.15, 0.2) is 58.3 Å². The van der Waals surface area contributed by atoms with Gasteiger partial charge in [0, 0.05) is 6.54 Å². The van der Waals surface area contributed by atoms with Crippen LogP contribution in [0.2, 0.25) is 0 Å². The Morgan fingerprint density at radius 1 is 1.04 bits per heavy atom.